The Hall–Kier alpha value is -3.94. The van der Waals surface area contributed by atoms with E-state index < -0.39 is 28.2 Å². The van der Waals surface area contributed by atoms with Gasteiger partial charge in [-0.15, -0.1) is 0 Å². The predicted molar refractivity (Wildman–Crippen MR) is 127 cm³/mol. The fraction of sp³-hybridized carbons (Fsp3) is 0.308. The first-order valence-electron chi connectivity index (χ1n) is 11.0. The molecule has 0 fully saturated rings. The van der Waals surface area contributed by atoms with Gasteiger partial charge in [0.15, 0.2) is 0 Å². The van der Waals surface area contributed by atoms with Gasteiger partial charge in [-0.05, 0) is 31.9 Å². The standard InChI is InChI=1S/C26H28N2O6/c1-6-33-24(29)22-17(3)27(5)18(4)26(25(30)34-7-2,20-11-9-8-10-12-20)23(22)19-13-15-21(16-14-19)28(31)32/h8-16,23H,4,6-7H2,1-3,5H3/t23-,26-/m0/s1. The quantitative estimate of drug-likeness (QED) is 0.338. The van der Waals surface area contributed by atoms with Crippen molar-refractivity contribution in [1.82, 2.24) is 4.90 Å². The number of benzene rings is 2. The fourth-order valence-corrected chi connectivity index (χ4v) is 4.55. The molecule has 1 aliphatic rings. The number of ether oxygens (including phenoxy) is 2. The number of nitro groups is 1. The first kappa shape index (κ1) is 24.7. The lowest BCUT2D eigenvalue weighted by Gasteiger charge is -2.48. The molecule has 0 N–H and O–H groups in total. The molecule has 34 heavy (non-hydrogen) atoms. The van der Waals surface area contributed by atoms with Crippen molar-refractivity contribution in [2.75, 3.05) is 20.3 Å². The summed E-state index contributed by atoms with van der Waals surface area (Å²) in [5.74, 6) is -2.04. The molecule has 0 radical (unpaired) electrons. The summed E-state index contributed by atoms with van der Waals surface area (Å²) in [5.41, 5.74) is 0.762. The van der Waals surface area contributed by atoms with Crippen LogP contribution in [0.25, 0.3) is 0 Å². The Kier molecular flexibility index (Phi) is 7.20. The van der Waals surface area contributed by atoms with Crippen molar-refractivity contribution in [1.29, 1.82) is 0 Å². The maximum Gasteiger partial charge on any atom is 0.336 e. The summed E-state index contributed by atoms with van der Waals surface area (Å²) in [4.78, 5) is 39.7. The van der Waals surface area contributed by atoms with Crippen molar-refractivity contribution < 1.29 is 24.0 Å². The minimum absolute atomic E-state index is 0.102. The van der Waals surface area contributed by atoms with Crippen molar-refractivity contribution in [3.05, 3.63) is 99.4 Å². The van der Waals surface area contributed by atoms with Crippen LogP contribution in [0.3, 0.4) is 0 Å². The monoisotopic (exact) mass is 464 g/mol. The van der Waals surface area contributed by atoms with E-state index in [0.29, 0.717) is 22.5 Å². The van der Waals surface area contributed by atoms with Gasteiger partial charge in [-0.25, -0.2) is 4.79 Å². The number of carbonyl (C=O) groups excluding carboxylic acids is 2. The topological polar surface area (TPSA) is 99.0 Å². The third-order valence-corrected chi connectivity index (χ3v) is 6.23. The molecule has 8 heteroatoms. The van der Waals surface area contributed by atoms with Gasteiger partial charge in [0.25, 0.3) is 5.69 Å². The Morgan fingerprint density at radius 3 is 2.18 bits per heavy atom. The Bertz CT molecular complexity index is 1140. The summed E-state index contributed by atoms with van der Waals surface area (Å²) < 4.78 is 11.0. The van der Waals surface area contributed by atoms with Gasteiger partial charge in [0.05, 0.1) is 23.7 Å². The van der Waals surface area contributed by atoms with E-state index in [4.69, 9.17) is 9.47 Å². The van der Waals surface area contributed by atoms with E-state index in [-0.39, 0.29) is 24.5 Å². The Morgan fingerprint density at radius 2 is 1.65 bits per heavy atom. The third kappa shape index (κ3) is 3.96. The normalized spacial score (nSPS) is 20.2. The van der Waals surface area contributed by atoms with Gasteiger partial charge >= 0.3 is 11.9 Å². The van der Waals surface area contributed by atoms with Crippen molar-refractivity contribution in [3.63, 3.8) is 0 Å². The highest BCUT2D eigenvalue weighted by Gasteiger charge is 2.58. The molecule has 8 nitrogen and oxygen atoms in total. The summed E-state index contributed by atoms with van der Waals surface area (Å²) in [6.45, 7) is 9.71. The highest BCUT2D eigenvalue weighted by molar-refractivity contribution is 5.98. The SMILES string of the molecule is C=C1N(C)C(C)=C(C(=O)OCC)[C@H](c2ccc([N+](=O)[O-])cc2)[C@@]1(C(=O)OCC)c1ccccc1. The van der Waals surface area contributed by atoms with E-state index in [1.54, 1.807) is 69.1 Å². The number of esters is 2. The number of allylic oxidation sites excluding steroid dienone is 1. The molecule has 0 saturated heterocycles. The fourth-order valence-electron chi connectivity index (χ4n) is 4.55. The molecule has 0 spiro atoms. The average molecular weight is 465 g/mol. The zero-order valence-electron chi connectivity index (χ0n) is 19.7. The van der Waals surface area contributed by atoms with Crippen LogP contribution >= 0.6 is 0 Å². The molecular formula is C26H28N2O6. The van der Waals surface area contributed by atoms with Gasteiger partial charge in [0.1, 0.15) is 5.41 Å². The minimum atomic E-state index is -1.51. The van der Waals surface area contributed by atoms with E-state index in [9.17, 15) is 19.7 Å². The average Bonchev–Trinajstić information content (AvgIpc) is 2.83. The Balaban J connectivity index is 2.44. The van der Waals surface area contributed by atoms with Crippen LogP contribution in [0, 0.1) is 10.1 Å². The molecule has 1 aliphatic heterocycles. The van der Waals surface area contributed by atoms with Crippen LogP contribution in [-0.2, 0) is 24.5 Å². The number of carbonyl (C=O) groups is 2. The van der Waals surface area contributed by atoms with E-state index in [0.717, 1.165) is 0 Å². The van der Waals surface area contributed by atoms with Crippen molar-refractivity contribution in [2.24, 2.45) is 0 Å². The van der Waals surface area contributed by atoms with Gasteiger partial charge in [-0.2, -0.15) is 0 Å². The van der Waals surface area contributed by atoms with Crippen molar-refractivity contribution >= 4 is 17.6 Å². The molecule has 0 amide bonds. The molecule has 1 heterocycles. The maximum atomic E-state index is 13.9. The first-order valence-corrected chi connectivity index (χ1v) is 11.0. The van der Waals surface area contributed by atoms with Crippen LogP contribution in [0.2, 0.25) is 0 Å². The lowest BCUT2D eigenvalue weighted by atomic mass is 9.60. The van der Waals surface area contributed by atoms with E-state index in [2.05, 4.69) is 6.58 Å². The summed E-state index contributed by atoms with van der Waals surface area (Å²) in [5, 5.41) is 11.3. The second-order valence-electron chi connectivity index (χ2n) is 7.90. The highest BCUT2D eigenvalue weighted by atomic mass is 16.6. The third-order valence-electron chi connectivity index (χ3n) is 6.23. The molecule has 0 aromatic heterocycles. The van der Waals surface area contributed by atoms with Gasteiger partial charge in [-0.1, -0.05) is 49.0 Å². The molecule has 0 aliphatic carbocycles. The number of nitrogens with zero attached hydrogens (tertiary/aromatic N) is 2. The van der Waals surface area contributed by atoms with Crippen molar-refractivity contribution in [2.45, 2.75) is 32.1 Å². The number of non-ortho nitro benzene ring substituents is 1. The van der Waals surface area contributed by atoms with E-state index >= 15 is 0 Å². The first-order chi connectivity index (χ1) is 16.2. The molecule has 0 bridgehead atoms. The zero-order chi connectivity index (χ0) is 25.0. The lowest BCUT2D eigenvalue weighted by molar-refractivity contribution is -0.384. The molecule has 178 valence electrons. The molecular weight excluding hydrogens is 436 g/mol. The predicted octanol–water partition coefficient (Wildman–Crippen LogP) is 4.48. The maximum absolute atomic E-state index is 13.9. The highest BCUT2D eigenvalue weighted by Crippen LogP contribution is 2.54. The van der Waals surface area contributed by atoms with Crippen LogP contribution < -0.4 is 0 Å². The minimum Gasteiger partial charge on any atom is -0.465 e. The smallest absolute Gasteiger partial charge is 0.336 e. The van der Waals surface area contributed by atoms with Gasteiger partial charge in [-0.3, -0.25) is 14.9 Å². The van der Waals surface area contributed by atoms with E-state index in [1.165, 1.54) is 12.1 Å². The summed E-state index contributed by atoms with van der Waals surface area (Å²) >= 11 is 0. The number of likely N-dealkylation sites (N-methyl/N-ethyl adjacent to an activating group) is 1. The molecule has 0 saturated carbocycles. The van der Waals surface area contributed by atoms with Gasteiger partial charge in [0.2, 0.25) is 0 Å². The molecule has 0 unspecified atom stereocenters. The number of hydrogen-bond acceptors (Lipinski definition) is 7. The Morgan fingerprint density at radius 1 is 1.06 bits per heavy atom. The van der Waals surface area contributed by atoms with Crippen LogP contribution in [0.15, 0.2) is 78.1 Å². The Labute approximate surface area is 198 Å². The number of rotatable bonds is 7. The summed E-state index contributed by atoms with van der Waals surface area (Å²) in [6.07, 6.45) is 0. The second kappa shape index (κ2) is 9.91. The van der Waals surface area contributed by atoms with Gasteiger partial charge < -0.3 is 14.4 Å². The number of hydrogen-bond donors (Lipinski definition) is 0. The van der Waals surface area contributed by atoms with Gasteiger partial charge in [0, 0.05) is 36.5 Å². The van der Waals surface area contributed by atoms with Crippen LogP contribution in [0.1, 0.15) is 37.8 Å². The molecule has 2 aromatic carbocycles. The van der Waals surface area contributed by atoms with Crippen LogP contribution in [0.5, 0.6) is 0 Å². The van der Waals surface area contributed by atoms with Crippen LogP contribution in [-0.4, -0.2) is 42.0 Å². The summed E-state index contributed by atoms with van der Waals surface area (Å²) in [6, 6.07) is 14.8. The lowest BCUT2D eigenvalue weighted by Crippen LogP contribution is -2.53. The second-order valence-corrected chi connectivity index (χ2v) is 7.90. The molecule has 3 rings (SSSR count). The number of nitro benzene ring substituents is 1. The molecule has 2 atom stereocenters. The van der Waals surface area contributed by atoms with E-state index in [1.807, 2.05) is 6.07 Å². The van der Waals surface area contributed by atoms with Crippen molar-refractivity contribution in [3.8, 4) is 0 Å². The largest absolute Gasteiger partial charge is 0.465 e. The van der Waals surface area contributed by atoms with Crippen LogP contribution in [0.4, 0.5) is 5.69 Å². The molecule has 2 aromatic rings. The zero-order valence-corrected chi connectivity index (χ0v) is 19.7. The summed E-state index contributed by atoms with van der Waals surface area (Å²) in [7, 11) is 1.74.